The van der Waals surface area contributed by atoms with Crippen LogP contribution in [0.25, 0.3) is 0 Å². The monoisotopic (exact) mass is 820 g/mol. The lowest BCUT2D eigenvalue weighted by Crippen LogP contribution is -2.48. The van der Waals surface area contributed by atoms with E-state index in [1.807, 2.05) is 22.9 Å². The van der Waals surface area contributed by atoms with Crippen molar-refractivity contribution in [2.24, 2.45) is 5.92 Å². The SMILES string of the molecule is COCCOCCOCCOCCOCCOCCOCCOCCC(=O)NCCCCC(NI)C(=O)NCC(=O)NC(C)C(=O)C(C)C. The quantitative estimate of drug-likeness (QED) is 0.0391. The molecule has 17 heteroatoms. The Labute approximate surface area is 305 Å². The summed E-state index contributed by atoms with van der Waals surface area (Å²) in [6.07, 6.45) is 2.18. The van der Waals surface area contributed by atoms with Gasteiger partial charge in [0, 0.05) is 48.9 Å². The number of Topliss-reactive ketones (excluding diaryl/α,β-unsaturated/α-hetero) is 1. The average molecular weight is 821 g/mol. The fourth-order valence-electron chi connectivity index (χ4n) is 3.91. The van der Waals surface area contributed by atoms with Crippen molar-refractivity contribution >= 4 is 46.4 Å². The Bertz CT molecular complexity index is 844. The Balaban J connectivity index is 3.52. The highest BCUT2D eigenvalue weighted by atomic mass is 127. The fourth-order valence-corrected chi connectivity index (χ4v) is 4.50. The molecule has 0 spiro atoms. The number of amides is 3. The van der Waals surface area contributed by atoms with Crippen LogP contribution in [0.15, 0.2) is 0 Å². The molecule has 0 aromatic heterocycles. The van der Waals surface area contributed by atoms with E-state index in [4.69, 9.17) is 37.9 Å². The van der Waals surface area contributed by atoms with Gasteiger partial charge in [0.2, 0.25) is 17.7 Å². The number of methoxy groups -OCH3 is 1. The Morgan fingerprint density at radius 1 is 0.592 bits per heavy atom. The number of nitrogens with one attached hydrogen (secondary N) is 4. The lowest BCUT2D eigenvalue weighted by molar-refractivity contribution is -0.130. The molecule has 0 aromatic carbocycles. The predicted octanol–water partition coefficient (Wildman–Crippen LogP) is 0.580. The van der Waals surface area contributed by atoms with Gasteiger partial charge in [0.25, 0.3) is 0 Å². The number of rotatable bonds is 36. The molecule has 0 rings (SSSR count). The van der Waals surface area contributed by atoms with Gasteiger partial charge in [-0.2, -0.15) is 0 Å². The van der Waals surface area contributed by atoms with Gasteiger partial charge in [-0.25, -0.2) is 3.53 Å². The van der Waals surface area contributed by atoms with Crippen molar-refractivity contribution in [2.75, 3.05) is 119 Å². The maximum atomic E-state index is 12.4. The molecule has 2 unspecified atom stereocenters. The maximum absolute atomic E-state index is 12.4. The zero-order chi connectivity index (χ0) is 36.4. The summed E-state index contributed by atoms with van der Waals surface area (Å²) < 4.78 is 45.7. The zero-order valence-corrected chi connectivity index (χ0v) is 32.0. The summed E-state index contributed by atoms with van der Waals surface area (Å²) in [6.45, 7) is 12.6. The zero-order valence-electron chi connectivity index (χ0n) is 29.9. The number of carbonyl (C=O) groups excluding carboxylic acids is 4. The van der Waals surface area contributed by atoms with Gasteiger partial charge in [-0.3, -0.25) is 19.2 Å². The molecule has 288 valence electrons. The van der Waals surface area contributed by atoms with Crippen LogP contribution in [-0.4, -0.2) is 155 Å². The number of ketones is 1. The van der Waals surface area contributed by atoms with Crippen molar-refractivity contribution in [1.29, 1.82) is 0 Å². The van der Waals surface area contributed by atoms with Crippen molar-refractivity contribution in [3.8, 4) is 0 Å². The number of hydrogen-bond donors (Lipinski definition) is 4. The van der Waals surface area contributed by atoms with Gasteiger partial charge in [0.05, 0.1) is 118 Å². The van der Waals surface area contributed by atoms with Gasteiger partial charge < -0.3 is 53.8 Å². The summed E-state index contributed by atoms with van der Waals surface area (Å²) in [6, 6.07) is -1.09. The van der Waals surface area contributed by atoms with Crippen molar-refractivity contribution in [1.82, 2.24) is 19.5 Å². The third kappa shape index (κ3) is 31.0. The molecular weight excluding hydrogens is 759 g/mol. The minimum Gasteiger partial charge on any atom is -0.382 e. The summed E-state index contributed by atoms with van der Waals surface area (Å²) in [4.78, 5) is 48.4. The van der Waals surface area contributed by atoms with Gasteiger partial charge in [-0.1, -0.05) is 13.8 Å². The molecule has 49 heavy (non-hydrogen) atoms. The number of halogens is 1. The van der Waals surface area contributed by atoms with Crippen LogP contribution in [-0.2, 0) is 57.1 Å². The smallest absolute Gasteiger partial charge is 0.239 e. The second kappa shape index (κ2) is 34.9. The van der Waals surface area contributed by atoms with Gasteiger partial charge >= 0.3 is 0 Å². The lowest BCUT2D eigenvalue weighted by Gasteiger charge is -2.17. The van der Waals surface area contributed by atoms with Gasteiger partial charge in [-0.15, -0.1) is 0 Å². The molecule has 0 saturated carbocycles. The fraction of sp³-hybridized carbons (Fsp3) is 0.875. The standard InChI is InChI=1S/C32H61IN4O12/c1-26(2)31(40)27(3)36-30(39)25-35-32(41)28(37-33)7-5-6-9-34-29(38)8-10-43-13-14-45-17-18-47-21-22-49-24-23-48-20-19-46-16-15-44-12-11-42-4/h26-28,37H,5-25H2,1-4H3,(H,34,38)(H,35,41)(H,36,39). The molecule has 0 aliphatic heterocycles. The van der Waals surface area contributed by atoms with Crippen molar-refractivity contribution < 1.29 is 57.1 Å². The van der Waals surface area contributed by atoms with E-state index >= 15 is 0 Å². The lowest BCUT2D eigenvalue weighted by atomic mass is 10.0. The second-order valence-corrected chi connectivity index (χ2v) is 11.7. The Hall–Kier alpha value is -1.55. The van der Waals surface area contributed by atoms with Crippen molar-refractivity contribution in [3.63, 3.8) is 0 Å². The molecule has 0 bridgehead atoms. The second-order valence-electron chi connectivity index (χ2n) is 11.1. The molecule has 0 radical (unpaired) electrons. The predicted molar refractivity (Wildman–Crippen MR) is 190 cm³/mol. The molecule has 16 nitrogen and oxygen atoms in total. The van der Waals surface area contributed by atoms with E-state index in [2.05, 4.69) is 19.5 Å². The van der Waals surface area contributed by atoms with E-state index in [1.54, 1.807) is 27.9 Å². The van der Waals surface area contributed by atoms with Crippen LogP contribution < -0.4 is 19.5 Å². The maximum Gasteiger partial charge on any atom is 0.239 e. The summed E-state index contributed by atoms with van der Waals surface area (Å²) in [5.74, 6) is -1.08. The van der Waals surface area contributed by atoms with E-state index in [0.29, 0.717) is 125 Å². The first kappa shape index (κ1) is 47.4. The summed E-state index contributed by atoms with van der Waals surface area (Å²) in [5.41, 5.74) is 0. The highest BCUT2D eigenvalue weighted by molar-refractivity contribution is 14.1. The minimum atomic E-state index is -0.606. The van der Waals surface area contributed by atoms with E-state index in [1.165, 1.54) is 0 Å². The van der Waals surface area contributed by atoms with E-state index in [-0.39, 0.29) is 36.5 Å². The highest BCUT2D eigenvalue weighted by Gasteiger charge is 2.20. The Morgan fingerprint density at radius 2 is 1.04 bits per heavy atom. The van der Waals surface area contributed by atoms with Crippen molar-refractivity contribution in [3.05, 3.63) is 0 Å². The summed E-state index contributed by atoms with van der Waals surface area (Å²) >= 11 is 1.91. The van der Waals surface area contributed by atoms with Crippen LogP contribution in [0, 0.1) is 5.92 Å². The van der Waals surface area contributed by atoms with Gasteiger partial charge in [0.1, 0.15) is 0 Å². The first-order valence-corrected chi connectivity index (χ1v) is 18.1. The van der Waals surface area contributed by atoms with Crippen LogP contribution >= 0.6 is 22.9 Å². The number of unbranched alkanes of at least 4 members (excludes halogenated alkanes) is 1. The van der Waals surface area contributed by atoms with Crippen LogP contribution in [0.4, 0.5) is 0 Å². The first-order valence-electron chi connectivity index (χ1n) is 17.0. The van der Waals surface area contributed by atoms with Crippen molar-refractivity contribution in [2.45, 2.75) is 58.5 Å². The van der Waals surface area contributed by atoms with Gasteiger partial charge in [-0.05, 0) is 26.2 Å². The summed E-state index contributed by atoms with van der Waals surface area (Å²) in [5, 5.41) is 8.04. The minimum absolute atomic E-state index is 0.0679. The van der Waals surface area contributed by atoms with Gasteiger partial charge in [0.15, 0.2) is 5.78 Å². The van der Waals surface area contributed by atoms with E-state index in [9.17, 15) is 19.2 Å². The number of ether oxygens (including phenoxy) is 8. The molecule has 0 aliphatic carbocycles. The molecule has 0 heterocycles. The average Bonchev–Trinajstić information content (AvgIpc) is 3.08. The highest BCUT2D eigenvalue weighted by Crippen LogP contribution is 2.03. The molecule has 3 amide bonds. The molecule has 0 fully saturated rings. The van der Waals surface area contributed by atoms with Crippen LogP contribution in [0.2, 0.25) is 0 Å². The number of hydrogen-bond acceptors (Lipinski definition) is 13. The Kier molecular flexibility index (Phi) is 33.8. The summed E-state index contributed by atoms with van der Waals surface area (Å²) in [7, 11) is 1.63. The first-order chi connectivity index (χ1) is 23.7. The van der Waals surface area contributed by atoms with Crippen LogP contribution in [0.5, 0.6) is 0 Å². The molecule has 4 N–H and O–H groups in total. The Morgan fingerprint density at radius 3 is 1.47 bits per heavy atom. The van der Waals surface area contributed by atoms with E-state index in [0.717, 1.165) is 0 Å². The third-order valence-electron chi connectivity index (χ3n) is 6.62. The largest absolute Gasteiger partial charge is 0.382 e. The molecule has 0 aliphatic rings. The third-order valence-corrected chi connectivity index (χ3v) is 7.38. The molecule has 0 saturated heterocycles. The number of carbonyl (C=O) groups is 4. The molecule has 2 atom stereocenters. The molecular formula is C32H61IN4O12. The molecule has 0 aromatic rings. The normalized spacial score (nSPS) is 12.5. The topological polar surface area (TPSA) is 190 Å². The van der Waals surface area contributed by atoms with Crippen LogP contribution in [0.3, 0.4) is 0 Å². The van der Waals surface area contributed by atoms with Crippen LogP contribution in [0.1, 0.15) is 46.5 Å². The van der Waals surface area contributed by atoms with E-state index < -0.39 is 18.0 Å².